The summed E-state index contributed by atoms with van der Waals surface area (Å²) in [5.74, 6) is 1.81. The highest BCUT2D eigenvalue weighted by Gasteiger charge is 2.34. The Morgan fingerprint density at radius 2 is 1.37 bits per heavy atom. The van der Waals surface area contributed by atoms with Crippen molar-refractivity contribution < 1.29 is 19.0 Å². The number of para-hydroxylation sites is 2. The van der Waals surface area contributed by atoms with Crippen molar-refractivity contribution in [2.24, 2.45) is 4.99 Å². The molecule has 9 heteroatoms. The molecule has 0 N–H and O–H groups in total. The van der Waals surface area contributed by atoms with Crippen molar-refractivity contribution in [3.05, 3.63) is 152 Å². The molecule has 0 radical (unpaired) electrons. The number of rotatable bonds is 10. The van der Waals surface area contributed by atoms with Crippen LogP contribution in [0.15, 0.2) is 140 Å². The molecule has 5 aromatic carbocycles. The number of aliphatic imine (C=N–C) groups is 1. The average molecular weight is 757 g/mol. The first kappa shape index (κ1) is 31.7. The van der Waals surface area contributed by atoms with E-state index in [9.17, 15) is 4.79 Å². The summed E-state index contributed by atoms with van der Waals surface area (Å²) < 4.78 is 19.3. The van der Waals surface area contributed by atoms with Gasteiger partial charge in [-0.15, -0.1) is 0 Å². The lowest BCUT2D eigenvalue weighted by Crippen LogP contribution is -2.28. The summed E-state index contributed by atoms with van der Waals surface area (Å²) >= 11 is 8.68. The van der Waals surface area contributed by atoms with Gasteiger partial charge in [0.25, 0.3) is 5.91 Å². The number of carbonyl (C=O) groups is 1. The Balaban J connectivity index is 1.18. The highest BCUT2D eigenvalue weighted by atomic mass is 79.9. The van der Waals surface area contributed by atoms with Crippen molar-refractivity contribution >= 4 is 72.1 Å². The lowest BCUT2D eigenvalue weighted by atomic mass is 10.2. The number of benzene rings is 5. The standard InChI is InChI=1S/C37H28Br2N2O4S/c1-43-33-21-26(17-18-32(33)44-23-25-11-5-2-6-12-25)24-45-35-30(38)19-27(20-31(35)39)22-34-36(42)41(29-15-9-4-10-16-29)37(46-34)40-28-13-7-3-8-14-28/h2-22H,23-24H2,1H3/b34-22+,40-37?. The van der Waals surface area contributed by atoms with Gasteiger partial charge >= 0.3 is 0 Å². The van der Waals surface area contributed by atoms with Crippen molar-refractivity contribution in [3.8, 4) is 17.2 Å². The predicted molar refractivity (Wildman–Crippen MR) is 193 cm³/mol. The SMILES string of the molecule is COc1cc(COc2c(Br)cc(/C=C3/SC(=Nc4ccccc4)N(c4ccccc4)C3=O)cc2Br)ccc1OCc1ccccc1. The summed E-state index contributed by atoms with van der Waals surface area (Å²) in [5.41, 5.74) is 4.37. The summed E-state index contributed by atoms with van der Waals surface area (Å²) in [6.45, 7) is 0.762. The monoisotopic (exact) mass is 754 g/mol. The fraction of sp³-hybridized carbons (Fsp3) is 0.0811. The quantitative estimate of drug-likeness (QED) is 0.133. The minimum atomic E-state index is -0.136. The topological polar surface area (TPSA) is 60.4 Å². The van der Waals surface area contributed by atoms with Crippen LogP contribution in [0, 0.1) is 0 Å². The van der Waals surface area contributed by atoms with E-state index < -0.39 is 0 Å². The van der Waals surface area contributed by atoms with Gasteiger partial charge in [-0.3, -0.25) is 9.69 Å². The molecule has 1 aliphatic heterocycles. The van der Waals surface area contributed by atoms with Crippen LogP contribution in [0.4, 0.5) is 11.4 Å². The first-order chi connectivity index (χ1) is 22.5. The van der Waals surface area contributed by atoms with Crippen molar-refractivity contribution in [1.82, 2.24) is 0 Å². The Bertz CT molecular complexity index is 1880. The molecule has 6 nitrogen and oxygen atoms in total. The minimum absolute atomic E-state index is 0.136. The van der Waals surface area contributed by atoms with Crippen LogP contribution in [0.25, 0.3) is 6.08 Å². The maximum absolute atomic E-state index is 13.7. The third-order valence-electron chi connectivity index (χ3n) is 6.97. The smallest absolute Gasteiger partial charge is 0.271 e. The zero-order chi connectivity index (χ0) is 31.9. The Kier molecular flexibility index (Phi) is 10.2. The van der Waals surface area contributed by atoms with E-state index in [0.29, 0.717) is 40.5 Å². The van der Waals surface area contributed by atoms with Crippen molar-refractivity contribution in [2.75, 3.05) is 12.0 Å². The molecule has 0 spiro atoms. The molecule has 1 fully saturated rings. The molecule has 6 rings (SSSR count). The van der Waals surface area contributed by atoms with E-state index in [-0.39, 0.29) is 5.91 Å². The molecule has 5 aromatic rings. The van der Waals surface area contributed by atoms with Crippen LogP contribution in [0.5, 0.6) is 17.2 Å². The molecule has 230 valence electrons. The number of ether oxygens (including phenoxy) is 3. The highest BCUT2D eigenvalue weighted by molar-refractivity contribution is 9.11. The predicted octanol–water partition coefficient (Wildman–Crippen LogP) is 10.2. The summed E-state index contributed by atoms with van der Waals surface area (Å²) in [7, 11) is 1.62. The molecule has 0 saturated carbocycles. The molecule has 0 aromatic heterocycles. The van der Waals surface area contributed by atoms with Gasteiger partial charge in [0, 0.05) is 0 Å². The van der Waals surface area contributed by atoms with Crippen molar-refractivity contribution in [3.63, 3.8) is 0 Å². The van der Waals surface area contributed by atoms with E-state index >= 15 is 0 Å². The minimum Gasteiger partial charge on any atom is -0.493 e. The number of methoxy groups -OCH3 is 1. The number of anilines is 1. The van der Waals surface area contributed by atoms with E-state index in [2.05, 4.69) is 31.9 Å². The van der Waals surface area contributed by atoms with Crippen LogP contribution in [-0.2, 0) is 18.0 Å². The highest BCUT2D eigenvalue weighted by Crippen LogP contribution is 2.40. The zero-order valence-electron chi connectivity index (χ0n) is 24.7. The van der Waals surface area contributed by atoms with Gasteiger partial charge in [0.1, 0.15) is 19.0 Å². The van der Waals surface area contributed by atoms with Gasteiger partial charge in [-0.25, -0.2) is 4.99 Å². The Morgan fingerprint density at radius 3 is 2.04 bits per heavy atom. The molecule has 1 amide bonds. The maximum atomic E-state index is 13.7. The Labute approximate surface area is 289 Å². The molecule has 46 heavy (non-hydrogen) atoms. The first-order valence-corrected chi connectivity index (χ1v) is 16.8. The molecule has 0 atom stereocenters. The molecular weight excluding hydrogens is 728 g/mol. The van der Waals surface area contributed by atoms with Gasteiger partial charge in [0.2, 0.25) is 0 Å². The maximum Gasteiger partial charge on any atom is 0.271 e. The van der Waals surface area contributed by atoms with Gasteiger partial charge in [0.15, 0.2) is 16.7 Å². The van der Waals surface area contributed by atoms with E-state index in [1.165, 1.54) is 11.8 Å². The summed E-state index contributed by atoms with van der Waals surface area (Å²) in [5, 5.41) is 0.596. The van der Waals surface area contributed by atoms with E-state index in [1.807, 2.05) is 127 Å². The molecule has 1 heterocycles. The third-order valence-corrected chi connectivity index (χ3v) is 9.12. The van der Waals surface area contributed by atoms with Crippen LogP contribution in [0.3, 0.4) is 0 Å². The molecule has 0 bridgehead atoms. The van der Waals surface area contributed by atoms with Crippen LogP contribution in [0.2, 0.25) is 0 Å². The third kappa shape index (κ3) is 7.55. The number of hydrogen-bond acceptors (Lipinski definition) is 6. The average Bonchev–Trinajstić information content (AvgIpc) is 3.38. The Hall–Kier alpha value is -4.31. The van der Waals surface area contributed by atoms with Gasteiger partial charge in [0.05, 0.1) is 32.3 Å². The van der Waals surface area contributed by atoms with Gasteiger partial charge in [-0.2, -0.15) is 0 Å². The molecular formula is C37H28Br2N2O4S. The van der Waals surface area contributed by atoms with Gasteiger partial charge in [-0.1, -0.05) is 72.8 Å². The first-order valence-electron chi connectivity index (χ1n) is 14.4. The normalized spacial score (nSPS) is 14.6. The van der Waals surface area contributed by atoms with Crippen LogP contribution < -0.4 is 19.1 Å². The Morgan fingerprint density at radius 1 is 0.739 bits per heavy atom. The second kappa shape index (κ2) is 14.9. The lowest BCUT2D eigenvalue weighted by Gasteiger charge is -2.15. The van der Waals surface area contributed by atoms with Gasteiger partial charge in [-0.05, 0) is 115 Å². The fourth-order valence-corrected chi connectivity index (χ4v) is 7.18. The largest absolute Gasteiger partial charge is 0.493 e. The van der Waals surface area contributed by atoms with E-state index in [0.717, 1.165) is 37.0 Å². The number of nitrogens with zero attached hydrogens (tertiary/aromatic N) is 2. The number of carbonyl (C=O) groups excluding carboxylic acids is 1. The van der Waals surface area contributed by atoms with E-state index in [4.69, 9.17) is 19.2 Å². The fourth-order valence-electron chi connectivity index (χ4n) is 4.73. The second-order valence-corrected chi connectivity index (χ2v) is 12.9. The molecule has 1 aliphatic rings. The number of amides is 1. The number of hydrogen-bond donors (Lipinski definition) is 0. The molecule has 0 aliphatic carbocycles. The van der Waals surface area contributed by atoms with Crippen LogP contribution >= 0.6 is 43.6 Å². The number of amidine groups is 1. The molecule has 0 unspecified atom stereocenters. The van der Waals surface area contributed by atoms with Crippen LogP contribution in [0.1, 0.15) is 16.7 Å². The zero-order valence-corrected chi connectivity index (χ0v) is 28.7. The van der Waals surface area contributed by atoms with Crippen molar-refractivity contribution in [2.45, 2.75) is 13.2 Å². The van der Waals surface area contributed by atoms with Crippen LogP contribution in [-0.4, -0.2) is 18.2 Å². The summed E-state index contributed by atoms with van der Waals surface area (Å²) in [6, 6.07) is 38.8. The summed E-state index contributed by atoms with van der Waals surface area (Å²) in [6.07, 6.45) is 1.87. The van der Waals surface area contributed by atoms with Crippen molar-refractivity contribution in [1.29, 1.82) is 0 Å². The second-order valence-electron chi connectivity index (χ2n) is 10.2. The van der Waals surface area contributed by atoms with Gasteiger partial charge < -0.3 is 14.2 Å². The summed E-state index contributed by atoms with van der Waals surface area (Å²) in [4.78, 5) is 20.7. The number of thioether (sulfide) groups is 1. The molecule has 1 saturated heterocycles. The number of halogens is 2. The van der Waals surface area contributed by atoms with E-state index in [1.54, 1.807) is 12.0 Å². The lowest BCUT2D eigenvalue weighted by molar-refractivity contribution is -0.113.